The number of nitrogens with zero attached hydrogens (tertiary/aromatic N) is 1. The Kier molecular flexibility index (Phi) is 9.02. The number of ether oxygens (including phenoxy) is 2. The van der Waals surface area contributed by atoms with Crippen LogP contribution in [0.5, 0.6) is 0 Å². The molecular weight excluding hydrogens is 445 g/mol. The number of aromatic nitrogens is 2. The molecule has 1 fully saturated rings. The van der Waals surface area contributed by atoms with Crippen LogP contribution >= 0.6 is 29.4 Å². The average Bonchev–Trinajstić information content (AvgIpc) is 3.01. The molecule has 4 N–H and O–H groups in total. The number of nitrogens with two attached hydrogens (primary N) is 1. The number of aromatic amines is 1. The summed E-state index contributed by atoms with van der Waals surface area (Å²) in [7, 11) is -2.03. The van der Waals surface area contributed by atoms with Gasteiger partial charge in [0, 0.05) is 12.6 Å². The lowest BCUT2D eigenvalue weighted by Crippen LogP contribution is -2.34. The van der Waals surface area contributed by atoms with Crippen molar-refractivity contribution in [2.75, 3.05) is 19.4 Å². The Hall–Kier alpha value is -1.07. The number of H-pyrrole nitrogens is 1. The van der Waals surface area contributed by atoms with Gasteiger partial charge in [-0.1, -0.05) is 33.4 Å². The van der Waals surface area contributed by atoms with Crippen molar-refractivity contribution in [2.24, 2.45) is 5.73 Å². The predicted molar refractivity (Wildman–Crippen MR) is 107 cm³/mol. The molecule has 1 aliphatic heterocycles. The maximum absolute atomic E-state index is 12.2. The van der Waals surface area contributed by atoms with Gasteiger partial charge >= 0.3 is 5.69 Å². The van der Waals surface area contributed by atoms with E-state index >= 15 is 0 Å². The highest BCUT2D eigenvalue weighted by molar-refractivity contribution is 8.76. The Morgan fingerprint density at radius 2 is 2.31 bits per heavy atom. The smallest absolute Gasteiger partial charge is 0.330 e. The molecule has 0 spiro atoms. The second-order valence-electron chi connectivity index (χ2n) is 5.85. The number of hydrogen-bond acceptors (Lipinski definition) is 10. The first-order valence-electron chi connectivity index (χ1n) is 8.37. The number of nitrogens with one attached hydrogen (secondary N) is 1. The van der Waals surface area contributed by atoms with Crippen molar-refractivity contribution < 1.29 is 28.3 Å². The molecule has 0 radical (unpaired) electrons. The van der Waals surface area contributed by atoms with Crippen LogP contribution in [0.1, 0.15) is 25.1 Å². The number of phosphoric acid groups is 1. The van der Waals surface area contributed by atoms with Gasteiger partial charge in [0.2, 0.25) is 0 Å². The largest absolute Gasteiger partial charge is 0.756 e. The van der Waals surface area contributed by atoms with Crippen molar-refractivity contribution in [3.05, 3.63) is 32.6 Å². The lowest BCUT2D eigenvalue weighted by atomic mass is 10.2. The summed E-state index contributed by atoms with van der Waals surface area (Å²) in [5, 5.41) is 0. The van der Waals surface area contributed by atoms with Crippen LogP contribution < -0.4 is 21.9 Å². The first-order chi connectivity index (χ1) is 13.6. The Bertz CT molecular complexity index is 921. The van der Waals surface area contributed by atoms with Gasteiger partial charge < -0.3 is 29.5 Å². The maximum Gasteiger partial charge on any atom is 0.330 e. The van der Waals surface area contributed by atoms with Gasteiger partial charge in [-0.15, -0.1) is 0 Å². The molecule has 0 aliphatic carbocycles. The number of rotatable bonds is 8. The monoisotopic (exact) mass is 466 g/mol. The predicted octanol–water partition coefficient (Wildman–Crippen LogP) is -0.646. The molecule has 5 atom stereocenters. The van der Waals surface area contributed by atoms with E-state index in [2.05, 4.69) is 21.3 Å². The molecule has 1 unspecified atom stereocenters. The molecule has 1 aromatic rings. The highest BCUT2D eigenvalue weighted by Gasteiger charge is 2.39. The van der Waals surface area contributed by atoms with E-state index in [1.807, 2.05) is 13.2 Å². The molecule has 0 bridgehead atoms. The van der Waals surface area contributed by atoms with E-state index < -0.39 is 44.1 Å². The first-order valence-corrected chi connectivity index (χ1v) is 12.5. The van der Waals surface area contributed by atoms with E-state index in [0.717, 1.165) is 4.57 Å². The zero-order valence-corrected chi connectivity index (χ0v) is 18.1. The van der Waals surface area contributed by atoms with E-state index in [9.17, 15) is 19.0 Å². The first kappa shape index (κ1) is 24.2. The molecule has 162 valence electrons. The van der Waals surface area contributed by atoms with Gasteiger partial charge in [-0.05, 0) is 13.2 Å². The fourth-order valence-electron chi connectivity index (χ4n) is 2.67. The molecule has 1 saturated heterocycles. The summed E-state index contributed by atoms with van der Waals surface area (Å²) in [6.07, 6.45) is 0.933. The van der Waals surface area contributed by atoms with Gasteiger partial charge in [0.1, 0.15) is 23.3 Å². The molecule has 2 heterocycles. The SMILES string of the molecule is CSS[C@H](C)O[C@@H]1C[C@H](n2cc(C#CCN)c(=O)[nH]c2=O)O[C@@H]1COP(=O)([O-])O. The number of hydrogen-bond donors (Lipinski definition) is 3. The van der Waals surface area contributed by atoms with E-state index in [0.29, 0.717) is 0 Å². The molecule has 2 rings (SSSR count). The maximum atomic E-state index is 12.2. The highest BCUT2D eigenvalue weighted by Crippen LogP contribution is 2.37. The molecule has 0 aromatic carbocycles. The van der Waals surface area contributed by atoms with Crippen molar-refractivity contribution in [3.63, 3.8) is 0 Å². The van der Waals surface area contributed by atoms with Crippen LogP contribution in [-0.2, 0) is 18.6 Å². The van der Waals surface area contributed by atoms with Gasteiger partial charge in [-0.3, -0.25) is 18.9 Å². The summed E-state index contributed by atoms with van der Waals surface area (Å²) in [6, 6.07) is 0. The van der Waals surface area contributed by atoms with E-state index in [4.69, 9.17) is 20.1 Å². The molecule has 0 saturated carbocycles. The molecule has 29 heavy (non-hydrogen) atoms. The fraction of sp³-hybridized carbons (Fsp3) is 0.600. The third-order valence-corrected chi connectivity index (χ3v) is 6.22. The second-order valence-corrected chi connectivity index (χ2v) is 9.81. The zero-order valence-electron chi connectivity index (χ0n) is 15.6. The minimum Gasteiger partial charge on any atom is -0.756 e. The van der Waals surface area contributed by atoms with E-state index in [-0.39, 0.29) is 24.0 Å². The average molecular weight is 466 g/mol. The Labute approximate surface area is 174 Å². The van der Waals surface area contributed by atoms with Gasteiger partial charge in [-0.25, -0.2) is 4.79 Å². The quantitative estimate of drug-likeness (QED) is 0.193. The van der Waals surface area contributed by atoms with Crippen LogP contribution in [0, 0.1) is 11.8 Å². The fourth-order valence-corrected chi connectivity index (χ4v) is 4.41. The summed E-state index contributed by atoms with van der Waals surface area (Å²) < 4.78 is 28.2. The minimum absolute atomic E-state index is 0.0292. The summed E-state index contributed by atoms with van der Waals surface area (Å²) >= 11 is 0. The lowest BCUT2D eigenvalue weighted by Gasteiger charge is -2.24. The van der Waals surface area contributed by atoms with Crippen molar-refractivity contribution in [3.8, 4) is 11.8 Å². The zero-order chi connectivity index (χ0) is 21.6. The van der Waals surface area contributed by atoms with E-state index in [1.54, 1.807) is 0 Å². The molecule has 1 aliphatic rings. The third kappa shape index (κ3) is 7.29. The summed E-state index contributed by atoms with van der Waals surface area (Å²) in [5.41, 5.74) is 3.70. The van der Waals surface area contributed by atoms with Gasteiger partial charge in [0.05, 0.1) is 19.3 Å². The van der Waals surface area contributed by atoms with Crippen molar-refractivity contribution in [2.45, 2.75) is 37.2 Å². The topological polar surface area (TPSA) is 169 Å². The van der Waals surface area contributed by atoms with Crippen LogP contribution in [-0.4, -0.2) is 51.5 Å². The molecular formula is C15H21N3O8PS2-. The summed E-state index contributed by atoms with van der Waals surface area (Å²) in [5.74, 6) is 5.11. The summed E-state index contributed by atoms with van der Waals surface area (Å²) in [4.78, 5) is 46.1. The number of phosphoric ester groups is 1. The van der Waals surface area contributed by atoms with Crippen LogP contribution in [0.15, 0.2) is 15.8 Å². The normalized spacial score (nSPS) is 24.5. The Morgan fingerprint density at radius 1 is 1.59 bits per heavy atom. The highest BCUT2D eigenvalue weighted by atomic mass is 33.1. The van der Waals surface area contributed by atoms with Crippen molar-refractivity contribution in [1.82, 2.24) is 9.55 Å². The van der Waals surface area contributed by atoms with Crippen LogP contribution in [0.25, 0.3) is 0 Å². The lowest BCUT2D eigenvalue weighted by molar-refractivity contribution is -0.223. The Morgan fingerprint density at radius 3 is 2.93 bits per heavy atom. The van der Waals surface area contributed by atoms with Crippen LogP contribution in [0.4, 0.5) is 0 Å². The van der Waals surface area contributed by atoms with Crippen LogP contribution in [0.3, 0.4) is 0 Å². The van der Waals surface area contributed by atoms with Gasteiger partial charge in [0.15, 0.2) is 0 Å². The Balaban J connectivity index is 2.28. The van der Waals surface area contributed by atoms with Gasteiger partial charge in [0.25, 0.3) is 13.4 Å². The molecule has 1 aromatic heterocycles. The minimum atomic E-state index is -4.96. The van der Waals surface area contributed by atoms with E-state index in [1.165, 1.54) is 27.8 Å². The van der Waals surface area contributed by atoms with Crippen molar-refractivity contribution in [1.29, 1.82) is 0 Å². The van der Waals surface area contributed by atoms with Crippen LogP contribution in [0.2, 0.25) is 0 Å². The third-order valence-electron chi connectivity index (χ3n) is 3.78. The molecule has 14 heteroatoms. The standard InChI is InChI=1S/C15H22N3O8PS2/c1-9(29-28-2)25-11-6-13(26-12(11)8-24-27(21,22)23)18-7-10(4-3-5-16)14(19)17-15(18)20/h7,9,11-13H,5-6,8,16H2,1-2H3,(H,17,19,20)(H2,21,22,23)/p-1/t9-,11-,12-,13-/m1/s1. The molecule has 0 amide bonds. The molecule has 11 nitrogen and oxygen atoms in total. The van der Waals surface area contributed by atoms with Gasteiger partial charge in [-0.2, -0.15) is 0 Å². The summed E-state index contributed by atoms with van der Waals surface area (Å²) in [6.45, 7) is 1.35. The van der Waals surface area contributed by atoms with Crippen molar-refractivity contribution >= 4 is 29.4 Å². The second kappa shape index (κ2) is 10.8.